The molecular weight excluding hydrogens is 331 g/mol. The third-order valence-electron chi connectivity index (χ3n) is 4.64. The van der Waals surface area contributed by atoms with Crippen LogP contribution in [0, 0.1) is 6.92 Å². The van der Waals surface area contributed by atoms with Gasteiger partial charge in [0.05, 0.1) is 17.3 Å². The number of urea groups is 1. The maximum absolute atomic E-state index is 13.1. The minimum absolute atomic E-state index is 0.152. The van der Waals surface area contributed by atoms with Crippen LogP contribution in [-0.2, 0) is 12.7 Å². The summed E-state index contributed by atoms with van der Waals surface area (Å²) in [6, 6.07) is 8.35. The molecule has 1 aromatic carbocycles. The summed E-state index contributed by atoms with van der Waals surface area (Å²) in [6.45, 7) is 5.07. The van der Waals surface area contributed by atoms with Crippen LogP contribution in [0.15, 0.2) is 36.4 Å². The molecule has 0 saturated heterocycles. The van der Waals surface area contributed by atoms with Gasteiger partial charge in [-0.1, -0.05) is 19.1 Å². The smallest absolute Gasteiger partial charge is 0.345 e. The van der Waals surface area contributed by atoms with Gasteiger partial charge >= 0.3 is 12.2 Å². The van der Waals surface area contributed by atoms with E-state index in [1.54, 1.807) is 4.90 Å². The number of aromatic nitrogens is 1. The molecule has 2 amide bonds. The van der Waals surface area contributed by atoms with Crippen LogP contribution in [0.1, 0.15) is 36.3 Å². The lowest BCUT2D eigenvalue weighted by atomic mass is 10.1. The molecule has 7 heteroatoms. The van der Waals surface area contributed by atoms with E-state index >= 15 is 0 Å². The van der Waals surface area contributed by atoms with Crippen molar-refractivity contribution >= 4 is 11.7 Å². The molecule has 1 N–H and O–H groups in total. The van der Waals surface area contributed by atoms with Crippen molar-refractivity contribution in [3.8, 4) is 0 Å². The largest absolute Gasteiger partial charge is 0.418 e. The summed E-state index contributed by atoms with van der Waals surface area (Å²) < 4.78 is 41.5. The van der Waals surface area contributed by atoms with Crippen LogP contribution in [0.3, 0.4) is 0 Å². The van der Waals surface area contributed by atoms with Crippen molar-refractivity contribution in [1.82, 2.24) is 9.47 Å². The molecule has 1 aromatic heterocycles. The van der Waals surface area contributed by atoms with Crippen LogP contribution in [0.2, 0.25) is 0 Å². The molecule has 25 heavy (non-hydrogen) atoms. The summed E-state index contributed by atoms with van der Waals surface area (Å²) in [7, 11) is 0. The van der Waals surface area contributed by atoms with E-state index in [0.717, 1.165) is 17.5 Å². The van der Waals surface area contributed by atoms with Gasteiger partial charge < -0.3 is 14.8 Å². The average molecular weight is 351 g/mol. The van der Waals surface area contributed by atoms with Gasteiger partial charge in [0, 0.05) is 24.5 Å². The van der Waals surface area contributed by atoms with E-state index in [-0.39, 0.29) is 11.7 Å². The van der Waals surface area contributed by atoms with E-state index in [0.29, 0.717) is 19.5 Å². The van der Waals surface area contributed by atoms with Crippen molar-refractivity contribution in [3.63, 3.8) is 0 Å². The SMILES string of the molecule is CC[C@H]1c2ccc(C)n2CCN1C(=O)Nc1ccccc1C(F)(F)F. The molecule has 2 heterocycles. The Balaban J connectivity index is 1.85. The molecule has 1 atom stereocenters. The normalized spacial score (nSPS) is 17.3. The van der Waals surface area contributed by atoms with Crippen LogP contribution in [-0.4, -0.2) is 22.0 Å². The first-order valence-electron chi connectivity index (χ1n) is 8.22. The number of para-hydroxylation sites is 1. The van der Waals surface area contributed by atoms with E-state index in [2.05, 4.69) is 9.88 Å². The molecule has 0 unspecified atom stereocenters. The minimum Gasteiger partial charge on any atom is -0.345 e. The second-order valence-electron chi connectivity index (χ2n) is 6.14. The van der Waals surface area contributed by atoms with Crippen LogP contribution in [0.4, 0.5) is 23.7 Å². The van der Waals surface area contributed by atoms with Crippen molar-refractivity contribution < 1.29 is 18.0 Å². The van der Waals surface area contributed by atoms with Gasteiger partial charge in [0.2, 0.25) is 0 Å². The van der Waals surface area contributed by atoms with E-state index < -0.39 is 17.8 Å². The van der Waals surface area contributed by atoms with Gasteiger partial charge in [0.25, 0.3) is 0 Å². The number of carbonyl (C=O) groups is 1. The quantitative estimate of drug-likeness (QED) is 0.828. The fourth-order valence-electron chi connectivity index (χ4n) is 3.41. The van der Waals surface area contributed by atoms with Crippen molar-refractivity contribution in [1.29, 1.82) is 0 Å². The molecule has 0 aliphatic carbocycles. The number of halogens is 3. The van der Waals surface area contributed by atoms with Gasteiger partial charge in [-0.3, -0.25) is 0 Å². The number of hydrogen-bond donors (Lipinski definition) is 1. The summed E-state index contributed by atoms with van der Waals surface area (Å²) in [6.07, 6.45) is -3.82. The van der Waals surface area contributed by atoms with Crippen molar-refractivity contribution in [2.24, 2.45) is 0 Å². The number of alkyl halides is 3. The van der Waals surface area contributed by atoms with Crippen LogP contribution in [0.5, 0.6) is 0 Å². The zero-order valence-electron chi connectivity index (χ0n) is 14.1. The first kappa shape index (κ1) is 17.4. The van der Waals surface area contributed by atoms with Crippen LogP contribution in [0.25, 0.3) is 0 Å². The molecule has 0 bridgehead atoms. The Morgan fingerprint density at radius 1 is 1.20 bits per heavy atom. The lowest BCUT2D eigenvalue weighted by Crippen LogP contribution is -2.44. The Kier molecular flexibility index (Phi) is 4.49. The molecule has 1 aliphatic rings. The van der Waals surface area contributed by atoms with Crippen LogP contribution >= 0.6 is 0 Å². The van der Waals surface area contributed by atoms with E-state index in [1.807, 2.05) is 26.0 Å². The summed E-state index contributed by atoms with van der Waals surface area (Å²) in [5, 5.41) is 2.45. The number of carbonyl (C=O) groups excluding carboxylic acids is 1. The predicted octanol–water partition coefficient (Wildman–Crippen LogP) is 4.81. The van der Waals surface area contributed by atoms with E-state index in [9.17, 15) is 18.0 Å². The average Bonchev–Trinajstić information content (AvgIpc) is 2.95. The van der Waals surface area contributed by atoms with Gasteiger partial charge in [0.1, 0.15) is 0 Å². The van der Waals surface area contributed by atoms with Crippen molar-refractivity contribution in [2.45, 2.75) is 39.0 Å². The van der Waals surface area contributed by atoms with E-state index in [4.69, 9.17) is 0 Å². The number of hydrogen-bond acceptors (Lipinski definition) is 1. The van der Waals surface area contributed by atoms with Crippen LogP contribution < -0.4 is 5.32 Å². The highest BCUT2D eigenvalue weighted by Gasteiger charge is 2.35. The number of rotatable bonds is 2. The highest BCUT2D eigenvalue weighted by atomic mass is 19.4. The number of nitrogens with one attached hydrogen (secondary N) is 1. The Morgan fingerprint density at radius 2 is 1.92 bits per heavy atom. The molecular formula is C18H20F3N3O. The molecule has 0 radical (unpaired) electrons. The van der Waals surface area contributed by atoms with Crippen molar-refractivity contribution in [3.05, 3.63) is 53.3 Å². The number of fused-ring (bicyclic) bond motifs is 1. The topological polar surface area (TPSA) is 37.3 Å². The number of nitrogens with zero attached hydrogens (tertiary/aromatic N) is 2. The summed E-state index contributed by atoms with van der Waals surface area (Å²) in [4.78, 5) is 14.3. The fourth-order valence-corrected chi connectivity index (χ4v) is 3.41. The summed E-state index contributed by atoms with van der Waals surface area (Å²) in [5.41, 5.74) is 1.08. The second-order valence-corrected chi connectivity index (χ2v) is 6.14. The molecule has 0 fully saturated rings. The Bertz CT molecular complexity index is 782. The van der Waals surface area contributed by atoms with E-state index in [1.165, 1.54) is 18.2 Å². The van der Waals surface area contributed by atoms with Gasteiger partial charge in [-0.25, -0.2) is 4.79 Å². The molecule has 2 aromatic rings. The molecule has 3 rings (SSSR count). The highest BCUT2D eigenvalue weighted by Crippen LogP contribution is 2.35. The molecule has 0 saturated carbocycles. The Hall–Kier alpha value is -2.44. The second kappa shape index (κ2) is 6.46. The first-order valence-corrected chi connectivity index (χ1v) is 8.22. The minimum atomic E-state index is -4.51. The molecule has 134 valence electrons. The third-order valence-corrected chi connectivity index (χ3v) is 4.64. The summed E-state index contributed by atoms with van der Waals surface area (Å²) in [5.74, 6) is 0. The number of aryl methyl sites for hydroxylation is 1. The first-order chi connectivity index (χ1) is 11.8. The Labute approximate surface area is 144 Å². The lowest BCUT2D eigenvalue weighted by Gasteiger charge is -2.37. The molecule has 4 nitrogen and oxygen atoms in total. The predicted molar refractivity (Wildman–Crippen MR) is 89.4 cm³/mol. The highest BCUT2D eigenvalue weighted by molar-refractivity contribution is 5.90. The molecule has 1 aliphatic heterocycles. The van der Waals surface area contributed by atoms with Gasteiger partial charge in [-0.05, 0) is 37.6 Å². The monoisotopic (exact) mass is 351 g/mol. The summed E-state index contributed by atoms with van der Waals surface area (Å²) >= 11 is 0. The fraction of sp³-hybridized carbons (Fsp3) is 0.389. The van der Waals surface area contributed by atoms with Gasteiger partial charge in [0.15, 0.2) is 0 Å². The van der Waals surface area contributed by atoms with Crippen molar-refractivity contribution in [2.75, 3.05) is 11.9 Å². The standard InChI is InChI=1S/C18H20F3N3O/c1-3-15-16-9-8-12(2)23(16)10-11-24(15)17(25)22-14-7-5-4-6-13(14)18(19,20)21/h4-9,15H,3,10-11H2,1-2H3,(H,22,25)/t15-/m0/s1. The lowest BCUT2D eigenvalue weighted by molar-refractivity contribution is -0.136. The maximum Gasteiger partial charge on any atom is 0.418 e. The maximum atomic E-state index is 13.1. The third kappa shape index (κ3) is 3.23. The number of benzene rings is 1. The zero-order valence-corrected chi connectivity index (χ0v) is 14.1. The number of anilines is 1. The van der Waals surface area contributed by atoms with Gasteiger partial charge in [-0.15, -0.1) is 0 Å². The molecule has 0 spiro atoms. The van der Waals surface area contributed by atoms with Gasteiger partial charge in [-0.2, -0.15) is 13.2 Å². The number of amides is 2. The Morgan fingerprint density at radius 3 is 2.60 bits per heavy atom. The zero-order chi connectivity index (χ0) is 18.2.